The van der Waals surface area contributed by atoms with E-state index in [0.717, 1.165) is 16.8 Å². The molecule has 2 heterocycles. The normalized spacial score (nSPS) is 19.5. The summed E-state index contributed by atoms with van der Waals surface area (Å²) in [7, 11) is 0. The lowest BCUT2D eigenvalue weighted by Gasteiger charge is -2.33. The first-order valence-corrected chi connectivity index (χ1v) is 11.5. The van der Waals surface area contributed by atoms with Crippen LogP contribution in [-0.2, 0) is 16.2 Å². The molecular weight excluding hydrogens is 449 g/mol. The molecule has 1 saturated heterocycles. The summed E-state index contributed by atoms with van der Waals surface area (Å²) >= 11 is 7.51. The number of benzene rings is 3. The summed E-state index contributed by atoms with van der Waals surface area (Å²) in [4.78, 5) is 29.3. The van der Waals surface area contributed by atoms with Crippen LogP contribution in [0.2, 0.25) is 5.02 Å². The molecule has 2 aliphatic rings. The van der Waals surface area contributed by atoms with E-state index in [2.05, 4.69) is 5.32 Å². The van der Waals surface area contributed by atoms with E-state index in [1.807, 2.05) is 24.3 Å². The molecule has 0 aliphatic carbocycles. The number of carbonyl (C=O) groups excluding carboxylic acids is 2. The van der Waals surface area contributed by atoms with Crippen LogP contribution in [0, 0.1) is 5.82 Å². The predicted octanol–water partition coefficient (Wildman–Crippen LogP) is 5.46. The number of carbonyl (C=O) groups is 2. The van der Waals surface area contributed by atoms with E-state index < -0.39 is 4.87 Å². The molecule has 2 aliphatic heterocycles. The lowest BCUT2D eigenvalue weighted by atomic mass is 10.1. The van der Waals surface area contributed by atoms with Crippen molar-refractivity contribution in [1.29, 1.82) is 0 Å². The van der Waals surface area contributed by atoms with Crippen LogP contribution in [0.15, 0.2) is 72.8 Å². The van der Waals surface area contributed by atoms with E-state index in [0.29, 0.717) is 29.6 Å². The Hall–Kier alpha value is -3.03. The summed E-state index contributed by atoms with van der Waals surface area (Å²) in [5.41, 5.74) is 2.92. The van der Waals surface area contributed by atoms with Crippen LogP contribution in [-0.4, -0.2) is 29.1 Å². The van der Waals surface area contributed by atoms with Gasteiger partial charge in [-0.25, -0.2) is 9.18 Å². The van der Waals surface area contributed by atoms with Gasteiger partial charge in [0.1, 0.15) is 5.82 Å². The number of nitrogens with one attached hydrogen (secondary N) is 1. The molecule has 5 nitrogen and oxygen atoms in total. The SMILES string of the molecule is O=C(Nc1cccc(Cl)c1)N1CCS[C@]12C(=O)N(Cc1ccc(F)cc1)c1ccccc12. The first kappa shape index (κ1) is 20.8. The summed E-state index contributed by atoms with van der Waals surface area (Å²) < 4.78 is 13.4. The molecule has 1 spiro atoms. The Morgan fingerprint density at radius 1 is 1.09 bits per heavy atom. The third-order valence-corrected chi connectivity index (χ3v) is 7.33. The molecule has 3 aromatic rings. The van der Waals surface area contributed by atoms with Gasteiger partial charge >= 0.3 is 6.03 Å². The Morgan fingerprint density at radius 2 is 1.88 bits per heavy atom. The van der Waals surface area contributed by atoms with E-state index in [9.17, 15) is 14.0 Å². The molecule has 0 radical (unpaired) electrons. The van der Waals surface area contributed by atoms with Crippen LogP contribution in [0.25, 0.3) is 0 Å². The first-order valence-electron chi connectivity index (χ1n) is 10.1. The molecule has 3 amide bonds. The topological polar surface area (TPSA) is 52.7 Å². The van der Waals surface area contributed by atoms with Gasteiger partial charge in [-0.2, -0.15) is 0 Å². The number of para-hydroxylation sites is 1. The smallest absolute Gasteiger partial charge is 0.308 e. The number of thioether (sulfide) groups is 1. The van der Waals surface area contributed by atoms with Crippen molar-refractivity contribution in [3.05, 3.63) is 94.8 Å². The Balaban J connectivity index is 1.50. The predicted molar refractivity (Wildman–Crippen MR) is 125 cm³/mol. The summed E-state index contributed by atoms with van der Waals surface area (Å²) in [5, 5.41) is 3.39. The van der Waals surface area contributed by atoms with Crippen molar-refractivity contribution in [2.75, 3.05) is 22.5 Å². The Kier molecular flexibility index (Phi) is 5.31. The highest BCUT2D eigenvalue weighted by molar-refractivity contribution is 8.01. The van der Waals surface area contributed by atoms with Crippen molar-refractivity contribution < 1.29 is 14.0 Å². The maximum atomic E-state index is 13.9. The highest BCUT2D eigenvalue weighted by Gasteiger charge is 2.59. The largest absolute Gasteiger partial charge is 0.323 e. The van der Waals surface area contributed by atoms with Crippen LogP contribution in [0.5, 0.6) is 0 Å². The number of anilines is 2. The summed E-state index contributed by atoms with van der Waals surface area (Å²) in [6.45, 7) is 0.726. The molecule has 32 heavy (non-hydrogen) atoms. The first-order chi connectivity index (χ1) is 15.5. The van der Waals surface area contributed by atoms with Gasteiger partial charge in [-0.3, -0.25) is 9.69 Å². The van der Waals surface area contributed by atoms with Crippen LogP contribution in [0.1, 0.15) is 11.1 Å². The quantitative estimate of drug-likeness (QED) is 0.556. The highest BCUT2D eigenvalue weighted by atomic mass is 35.5. The van der Waals surface area contributed by atoms with Gasteiger partial charge < -0.3 is 10.2 Å². The molecule has 1 fully saturated rings. The fraction of sp³-hybridized carbons (Fsp3) is 0.167. The second kappa shape index (κ2) is 8.15. The van der Waals surface area contributed by atoms with E-state index >= 15 is 0 Å². The zero-order valence-electron chi connectivity index (χ0n) is 16.9. The fourth-order valence-electron chi connectivity index (χ4n) is 4.25. The zero-order chi connectivity index (χ0) is 22.3. The number of halogens is 2. The lowest BCUT2D eigenvalue weighted by Crippen LogP contribution is -2.51. The Bertz CT molecular complexity index is 1210. The second-order valence-electron chi connectivity index (χ2n) is 7.62. The van der Waals surface area contributed by atoms with Gasteiger partial charge in [-0.15, -0.1) is 11.8 Å². The average Bonchev–Trinajstić information content (AvgIpc) is 3.33. The summed E-state index contributed by atoms with van der Waals surface area (Å²) in [6, 6.07) is 20.2. The van der Waals surface area contributed by atoms with Crippen molar-refractivity contribution in [2.45, 2.75) is 11.4 Å². The molecule has 8 heteroatoms. The molecule has 1 atom stereocenters. The van der Waals surface area contributed by atoms with Gasteiger partial charge in [0.15, 0.2) is 4.87 Å². The average molecular weight is 468 g/mol. The minimum Gasteiger partial charge on any atom is -0.308 e. The third-order valence-electron chi connectivity index (χ3n) is 5.68. The highest BCUT2D eigenvalue weighted by Crippen LogP contribution is 2.54. The second-order valence-corrected chi connectivity index (χ2v) is 9.34. The van der Waals surface area contributed by atoms with Gasteiger partial charge in [-0.05, 0) is 42.0 Å². The molecular formula is C24H19ClFN3O2S. The third kappa shape index (κ3) is 3.42. The number of amides is 3. The standard InChI is InChI=1S/C24H19ClFN3O2S/c25-17-4-3-5-19(14-17)27-23(31)29-12-13-32-24(29)20-6-1-2-7-21(20)28(22(24)30)15-16-8-10-18(26)11-9-16/h1-11,14H,12-13,15H2,(H,27,31)/t24-/m1/s1. The van der Waals surface area contributed by atoms with E-state index in [1.54, 1.807) is 46.2 Å². The molecule has 3 aromatic carbocycles. The minimum absolute atomic E-state index is 0.174. The molecule has 0 aromatic heterocycles. The van der Waals surface area contributed by atoms with Crippen LogP contribution < -0.4 is 10.2 Å². The Morgan fingerprint density at radius 3 is 2.66 bits per heavy atom. The van der Waals surface area contributed by atoms with Crippen LogP contribution >= 0.6 is 23.4 Å². The number of rotatable bonds is 3. The van der Waals surface area contributed by atoms with Gasteiger partial charge in [0, 0.05) is 28.6 Å². The Labute approximate surface area is 194 Å². The van der Waals surface area contributed by atoms with Crippen LogP contribution in [0.4, 0.5) is 20.6 Å². The molecule has 0 unspecified atom stereocenters. The number of nitrogens with zero attached hydrogens (tertiary/aromatic N) is 2. The van der Waals surface area contributed by atoms with Gasteiger partial charge in [0.2, 0.25) is 0 Å². The van der Waals surface area contributed by atoms with Gasteiger partial charge in [-0.1, -0.05) is 48.0 Å². The number of fused-ring (bicyclic) bond motifs is 2. The van der Waals surface area contributed by atoms with Crippen molar-refractivity contribution >= 4 is 46.7 Å². The fourth-order valence-corrected chi connectivity index (χ4v) is 5.91. The maximum absolute atomic E-state index is 13.9. The molecule has 5 rings (SSSR count). The number of urea groups is 1. The number of hydrogen-bond donors (Lipinski definition) is 1. The summed E-state index contributed by atoms with van der Waals surface area (Å²) in [6.07, 6.45) is 0. The molecule has 162 valence electrons. The van der Waals surface area contributed by atoms with Crippen molar-refractivity contribution in [1.82, 2.24) is 4.90 Å². The van der Waals surface area contributed by atoms with E-state index in [4.69, 9.17) is 11.6 Å². The zero-order valence-corrected chi connectivity index (χ0v) is 18.5. The molecule has 0 bridgehead atoms. The molecule has 1 N–H and O–H groups in total. The lowest BCUT2D eigenvalue weighted by molar-refractivity contribution is -0.123. The maximum Gasteiger partial charge on any atom is 0.323 e. The van der Waals surface area contributed by atoms with Crippen molar-refractivity contribution in [3.8, 4) is 0 Å². The minimum atomic E-state index is -1.14. The van der Waals surface area contributed by atoms with Gasteiger partial charge in [0.25, 0.3) is 5.91 Å². The summed E-state index contributed by atoms with van der Waals surface area (Å²) in [5.74, 6) is 0.133. The number of hydrogen-bond acceptors (Lipinski definition) is 3. The van der Waals surface area contributed by atoms with E-state index in [-0.39, 0.29) is 17.8 Å². The van der Waals surface area contributed by atoms with Crippen molar-refractivity contribution in [3.63, 3.8) is 0 Å². The molecule has 0 saturated carbocycles. The van der Waals surface area contributed by atoms with Gasteiger partial charge in [0.05, 0.1) is 12.2 Å². The van der Waals surface area contributed by atoms with E-state index in [1.165, 1.54) is 23.9 Å². The van der Waals surface area contributed by atoms with Crippen molar-refractivity contribution in [2.24, 2.45) is 0 Å². The van der Waals surface area contributed by atoms with Crippen LogP contribution in [0.3, 0.4) is 0 Å². The monoisotopic (exact) mass is 467 g/mol.